The fourth-order valence-corrected chi connectivity index (χ4v) is 2.27. The molecular formula is C10H7F2N3O2S. The lowest BCUT2D eigenvalue weighted by molar-refractivity contribution is -0.387. The SMILES string of the molecule is NCc1csc(-c2c(F)ccc([N+](=O)[O-])c2F)n1. The second-order valence-electron chi connectivity index (χ2n) is 3.36. The van der Waals surface area contributed by atoms with E-state index in [4.69, 9.17) is 5.73 Å². The van der Waals surface area contributed by atoms with Crippen LogP contribution in [0.1, 0.15) is 5.69 Å². The van der Waals surface area contributed by atoms with Crippen LogP contribution in [0.4, 0.5) is 14.5 Å². The molecule has 0 saturated carbocycles. The molecule has 2 aromatic rings. The van der Waals surface area contributed by atoms with E-state index in [-0.39, 0.29) is 11.6 Å². The predicted molar refractivity (Wildman–Crippen MR) is 62.0 cm³/mol. The van der Waals surface area contributed by atoms with Crippen LogP contribution in [0.15, 0.2) is 17.5 Å². The largest absolute Gasteiger partial charge is 0.325 e. The zero-order valence-corrected chi connectivity index (χ0v) is 9.71. The predicted octanol–water partition coefficient (Wildman–Crippen LogP) is 2.46. The molecule has 0 amide bonds. The Morgan fingerprint density at radius 3 is 2.72 bits per heavy atom. The van der Waals surface area contributed by atoms with Crippen LogP contribution in [-0.2, 0) is 6.54 Å². The number of halogens is 2. The van der Waals surface area contributed by atoms with Crippen molar-refractivity contribution in [1.82, 2.24) is 4.98 Å². The van der Waals surface area contributed by atoms with Crippen molar-refractivity contribution in [3.63, 3.8) is 0 Å². The minimum atomic E-state index is -1.22. The first-order valence-electron chi connectivity index (χ1n) is 4.81. The van der Waals surface area contributed by atoms with Gasteiger partial charge in [0.1, 0.15) is 10.8 Å². The number of nitrogens with two attached hydrogens (primary N) is 1. The minimum Gasteiger partial charge on any atom is -0.325 e. The Morgan fingerprint density at radius 2 is 2.17 bits per heavy atom. The summed E-state index contributed by atoms with van der Waals surface area (Å²) in [4.78, 5) is 13.6. The molecule has 0 radical (unpaired) electrons. The summed E-state index contributed by atoms with van der Waals surface area (Å²) in [5.41, 5.74) is 4.54. The average molecular weight is 271 g/mol. The van der Waals surface area contributed by atoms with Crippen LogP contribution in [0.5, 0.6) is 0 Å². The molecule has 0 bridgehead atoms. The molecular weight excluding hydrogens is 264 g/mol. The van der Waals surface area contributed by atoms with Crippen LogP contribution in [0.2, 0.25) is 0 Å². The van der Waals surface area contributed by atoms with Crippen LogP contribution in [0.25, 0.3) is 10.6 Å². The van der Waals surface area contributed by atoms with Crippen molar-refractivity contribution < 1.29 is 13.7 Å². The highest BCUT2D eigenvalue weighted by molar-refractivity contribution is 7.13. The van der Waals surface area contributed by atoms with Gasteiger partial charge < -0.3 is 5.73 Å². The van der Waals surface area contributed by atoms with Gasteiger partial charge in [0.05, 0.1) is 16.2 Å². The lowest BCUT2D eigenvalue weighted by Gasteiger charge is -2.01. The Bertz CT molecular complexity index is 615. The van der Waals surface area contributed by atoms with Crippen LogP contribution in [-0.4, -0.2) is 9.91 Å². The second-order valence-corrected chi connectivity index (χ2v) is 4.22. The van der Waals surface area contributed by atoms with Crippen LogP contribution in [0, 0.1) is 21.7 Å². The highest BCUT2D eigenvalue weighted by Crippen LogP contribution is 2.33. The van der Waals surface area contributed by atoms with Gasteiger partial charge in [-0.15, -0.1) is 11.3 Å². The third-order valence-corrected chi connectivity index (χ3v) is 3.15. The molecule has 5 nitrogen and oxygen atoms in total. The van der Waals surface area contributed by atoms with Crippen LogP contribution >= 0.6 is 11.3 Å². The number of thiazole rings is 1. The molecule has 0 saturated heterocycles. The van der Waals surface area contributed by atoms with Gasteiger partial charge in [-0.1, -0.05) is 0 Å². The zero-order valence-electron chi connectivity index (χ0n) is 8.89. The third kappa shape index (κ3) is 2.07. The van der Waals surface area contributed by atoms with Crippen molar-refractivity contribution in [2.24, 2.45) is 5.73 Å². The minimum absolute atomic E-state index is 0.0363. The summed E-state index contributed by atoms with van der Waals surface area (Å²) in [6.07, 6.45) is 0. The maximum Gasteiger partial charge on any atom is 0.305 e. The molecule has 0 aliphatic carbocycles. The summed E-state index contributed by atoms with van der Waals surface area (Å²) < 4.78 is 27.4. The Morgan fingerprint density at radius 1 is 1.44 bits per heavy atom. The van der Waals surface area contributed by atoms with Gasteiger partial charge in [0.2, 0.25) is 5.82 Å². The maximum atomic E-state index is 13.8. The highest BCUT2D eigenvalue weighted by Gasteiger charge is 2.24. The summed E-state index contributed by atoms with van der Waals surface area (Å²) in [6, 6.07) is 1.63. The van der Waals surface area contributed by atoms with Gasteiger partial charge in [-0.05, 0) is 6.07 Å². The summed E-state index contributed by atoms with van der Waals surface area (Å²) >= 11 is 0.982. The third-order valence-electron chi connectivity index (χ3n) is 2.24. The number of nitro groups is 1. The Balaban J connectivity index is 2.62. The van der Waals surface area contributed by atoms with E-state index in [0.717, 1.165) is 23.5 Å². The van der Waals surface area contributed by atoms with Gasteiger partial charge in [0, 0.05) is 18.0 Å². The lowest BCUT2D eigenvalue weighted by Crippen LogP contribution is -1.99. The van der Waals surface area contributed by atoms with Crippen molar-refractivity contribution in [3.8, 4) is 10.6 Å². The van der Waals surface area contributed by atoms with Gasteiger partial charge in [0.15, 0.2) is 0 Å². The van der Waals surface area contributed by atoms with E-state index in [0.29, 0.717) is 5.69 Å². The van der Waals surface area contributed by atoms with Gasteiger partial charge in [-0.2, -0.15) is 4.39 Å². The molecule has 94 valence electrons. The summed E-state index contributed by atoms with van der Waals surface area (Å²) in [5.74, 6) is -2.12. The number of aromatic nitrogens is 1. The number of benzene rings is 1. The molecule has 0 atom stereocenters. The van der Waals surface area contributed by atoms with Gasteiger partial charge in [-0.3, -0.25) is 10.1 Å². The van der Waals surface area contributed by atoms with Crippen molar-refractivity contribution in [3.05, 3.63) is 45.0 Å². The maximum absolute atomic E-state index is 13.8. The molecule has 8 heteroatoms. The van der Waals surface area contributed by atoms with E-state index >= 15 is 0 Å². The van der Waals surface area contributed by atoms with E-state index in [1.807, 2.05) is 0 Å². The van der Waals surface area contributed by atoms with Gasteiger partial charge >= 0.3 is 5.69 Å². The first kappa shape index (κ1) is 12.5. The van der Waals surface area contributed by atoms with Crippen molar-refractivity contribution in [1.29, 1.82) is 0 Å². The normalized spacial score (nSPS) is 10.6. The lowest BCUT2D eigenvalue weighted by atomic mass is 10.2. The molecule has 0 aliphatic heterocycles. The van der Waals surface area contributed by atoms with E-state index in [1.54, 1.807) is 5.38 Å². The van der Waals surface area contributed by atoms with Crippen molar-refractivity contribution in [2.45, 2.75) is 6.54 Å². The van der Waals surface area contributed by atoms with Crippen molar-refractivity contribution >= 4 is 17.0 Å². The van der Waals surface area contributed by atoms with E-state index in [9.17, 15) is 18.9 Å². The van der Waals surface area contributed by atoms with Crippen LogP contribution < -0.4 is 5.73 Å². The molecule has 1 aromatic carbocycles. The fourth-order valence-electron chi connectivity index (χ4n) is 1.39. The summed E-state index contributed by atoms with van der Waals surface area (Å²) in [7, 11) is 0. The first-order valence-corrected chi connectivity index (χ1v) is 5.69. The fraction of sp³-hybridized carbons (Fsp3) is 0.100. The molecule has 0 spiro atoms. The Labute approximate surface area is 104 Å². The van der Waals surface area contributed by atoms with Crippen molar-refractivity contribution in [2.75, 3.05) is 0 Å². The first-order chi connectivity index (χ1) is 8.54. The Kier molecular flexibility index (Phi) is 3.30. The van der Waals surface area contributed by atoms with E-state index in [1.165, 1.54) is 0 Å². The quantitative estimate of drug-likeness (QED) is 0.686. The average Bonchev–Trinajstić information content (AvgIpc) is 2.77. The molecule has 0 aliphatic rings. The van der Waals surface area contributed by atoms with Gasteiger partial charge in [-0.25, -0.2) is 9.37 Å². The molecule has 1 heterocycles. The number of hydrogen-bond donors (Lipinski definition) is 1. The smallest absolute Gasteiger partial charge is 0.305 e. The topological polar surface area (TPSA) is 82.0 Å². The van der Waals surface area contributed by atoms with Gasteiger partial charge in [0.25, 0.3) is 0 Å². The standard InChI is InChI=1S/C10H7F2N3O2S/c11-6-1-2-7(15(16)17)9(12)8(6)10-14-5(3-13)4-18-10/h1-2,4H,3,13H2. The molecule has 18 heavy (non-hydrogen) atoms. The number of rotatable bonds is 3. The highest BCUT2D eigenvalue weighted by atomic mass is 32.1. The summed E-state index contributed by atoms with van der Waals surface area (Å²) in [6.45, 7) is 0.134. The zero-order chi connectivity index (χ0) is 13.3. The number of hydrogen-bond acceptors (Lipinski definition) is 5. The van der Waals surface area contributed by atoms with Crippen LogP contribution in [0.3, 0.4) is 0 Å². The molecule has 2 rings (SSSR count). The summed E-state index contributed by atoms with van der Waals surface area (Å²) in [5, 5.41) is 12.2. The molecule has 0 unspecified atom stereocenters. The second kappa shape index (κ2) is 4.75. The van der Waals surface area contributed by atoms with E-state index < -0.39 is 27.8 Å². The molecule has 1 aromatic heterocycles. The number of nitrogens with zero attached hydrogens (tertiary/aromatic N) is 2. The monoisotopic (exact) mass is 271 g/mol. The van der Waals surface area contributed by atoms with E-state index in [2.05, 4.69) is 4.98 Å². The molecule has 2 N–H and O–H groups in total. The number of nitro benzene ring substituents is 1. The molecule has 0 fully saturated rings. The Hall–Kier alpha value is -1.93.